The molecular formula is C14H16N2O. The molecule has 0 fully saturated rings. The SMILES string of the molecule is CCCC(N)C(=O)c1cccc2ncccc12. The molecule has 88 valence electrons. The molecule has 0 saturated carbocycles. The molecule has 1 aromatic carbocycles. The zero-order chi connectivity index (χ0) is 12.3. The van der Waals surface area contributed by atoms with Gasteiger partial charge in [-0.25, -0.2) is 0 Å². The van der Waals surface area contributed by atoms with Crippen molar-refractivity contribution in [1.29, 1.82) is 0 Å². The van der Waals surface area contributed by atoms with E-state index in [4.69, 9.17) is 5.73 Å². The number of hydrogen-bond donors (Lipinski definition) is 1. The Kier molecular flexibility index (Phi) is 3.49. The summed E-state index contributed by atoms with van der Waals surface area (Å²) in [6.07, 6.45) is 3.36. The highest BCUT2D eigenvalue weighted by atomic mass is 16.1. The first-order chi connectivity index (χ1) is 8.24. The number of hydrogen-bond acceptors (Lipinski definition) is 3. The fraction of sp³-hybridized carbons (Fsp3) is 0.286. The van der Waals surface area contributed by atoms with Crippen molar-refractivity contribution in [3.05, 3.63) is 42.1 Å². The summed E-state index contributed by atoms with van der Waals surface area (Å²) in [6.45, 7) is 2.03. The first kappa shape index (κ1) is 11.7. The van der Waals surface area contributed by atoms with Crippen LogP contribution in [-0.4, -0.2) is 16.8 Å². The molecule has 2 aromatic rings. The summed E-state index contributed by atoms with van der Waals surface area (Å²) in [5, 5.41) is 0.881. The largest absolute Gasteiger partial charge is 0.321 e. The maximum atomic E-state index is 12.2. The third-order valence-electron chi connectivity index (χ3n) is 2.85. The normalized spacial score (nSPS) is 12.6. The van der Waals surface area contributed by atoms with Crippen molar-refractivity contribution in [2.75, 3.05) is 0 Å². The topological polar surface area (TPSA) is 56.0 Å². The van der Waals surface area contributed by atoms with Crippen LogP contribution in [0.5, 0.6) is 0 Å². The number of pyridine rings is 1. The van der Waals surface area contributed by atoms with E-state index in [1.165, 1.54) is 0 Å². The molecule has 1 atom stereocenters. The van der Waals surface area contributed by atoms with Crippen molar-refractivity contribution in [3.63, 3.8) is 0 Å². The van der Waals surface area contributed by atoms with Crippen molar-refractivity contribution in [2.45, 2.75) is 25.8 Å². The van der Waals surface area contributed by atoms with Crippen LogP contribution >= 0.6 is 0 Å². The first-order valence-corrected chi connectivity index (χ1v) is 5.87. The minimum atomic E-state index is -0.411. The standard InChI is InChI=1S/C14H16N2O/c1-2-5-12(15)14(17)11-6-3-8-13-10(11)7-4-9-16-13/h3-4,6-9,12H,2,5,15H2,1H3. The van der Waals surface area contributed by atoms with Crippen molar-refractivity contribution in [3.8, 4) is 0 Å². The lowest BCUT2D eigenvalue weighted by molar-refractivity contribution is 0.0958. The zero-order valence-corrected chi connectivity index (χ0v) is 9.89. The zero-order valence-electron chi connectivity index (χ0n) is 9.89. The Morgan fingerprint density at radius 3 is 2.94 bits per heavy atom. The number of benzene rings is 1. The third kappa shape index (κ3) is 2.34. The highest BCUT2D eigenvalue weighted by molar-refractivity contribution is 6.09. The van der Waals surface area contributed by atoms with Crippen LogP contribution in [0.1, 0.15) is 30.1 Å². The molecule has 0 saturated heterocycles. The maximum absolute atomic E-state index is 12.2. The summed E-state index contributed by atoms with van der Waals surface area (Å²) in [6, 6.07) is 8.91. The van der Waals surface area contributed by atoms with Gasteiger partial charge >= 0.3 is 0 Å². The van der Waals surface area contributed by atoms with Gasteiger partial charge in [-0.05, 0) is 18.6 Å². The number of Topliss-reactive ketones (excluding diaryl/α,β-unsaturated/α-hetero) is 1. The highest BCUT2D eigenvalue weighted by Gasteiger charge is 2.16. The molecular weight excluding hydrogens is 212 g/mol. The van der Waals surface area contributed by atoms with Crippen molar-refractivity contribution in [2.24, 2.45) is 5.73 Å². The maximum Gasteiger partial charge on any atom is 0.180 e. The molecule has 0 aliphatic carbocycles. The predicted molar refractivity (Wildman–Crippen MR) is 69.0 cm³/mol. The second-order valence-corrected chi connectivity index (χ2v) is 4.14. The fourth-order valence-electron chi connectivity index (χ4n) is 1.96. The molecule has 17 heavy (non-hydrogen) atoms. The quantitative estimate of drug-likeness (QED) is 0.818. The van der Waals surface area contributed by atoms with E-state index in [-0.39, 0.29) is 5.78 Å². The minimum absolute atomic E-state index is 0.00505. The smallest absolute Gasteiger partial charge is 0.180 e. The minimum Gasteiger partial charge on any atom is -0.321 e. The van der Waals surface area contributed by atoms with E-state index in [0.717, 1.165) is 23.7 Å². The molecule has 1 unspecified atom stereocenters. The van der Waals surface area contributed by atoms with Crippen molar-refractivity contribution >= 4 is 16.7 Å². The lowest BCUT2D eigenvalue weighted by atomic mass is 9.98. The number of carbonyl (C=O) groups is 1. The Morgan fingerprint density at radius 2 is 2.18 bits per heavy atom. The lowest BCUT2D eigenvalue weighted by Crippen LogP contribution is -2.30. The lowest BCUT2D eigenvalue weighted by Gasteiger charge is -2.10. The molecule has 0 radical (unpaired) electrons. The molecule has 0 spiro atoms. The Bertz CT molecular complexity index is 531. The van der Waals surface area contributed by atoms with Gasteiger partial charge in [-0.1, -0.05) is 31.5 Å². The Labute approximate surface area is 101 Å². The molecule has 2 N–H and O–H groups in total. The van der Waals surface area contributed by atoms with Gasteiger partial charge in [-0.15, -0.1) is 0 Å². The number of nitrogens with two attached hydrogens (primary N) is 1. The van der Waals surface area contributed by atoms with Gasteiger partial charge < -0.3 is 5.73 Å². The van der Waals surface area contributed by atoms with Crippen LogP contribution < -0.4 is 5.73 Å². The van der Waals surface area contributed by atoms with Gasteiger partial charge in [0.05, 0.1) is 11.6 Å². The molecule has 0 bridgehead atoms. The molecule has 0 amide bonds. The number of aromatic nitrogens is 1. The van der Waals surface area contributed by atoms with Crippen LogP contribution in [0.15, 0.2) is 36.5 Å². The molecule has 0 aliphatic heterocycles. The van der Waals surface area contributed by atoms with Crippen LogP contribution in [-0.2, 0) is 0 Å². The Balaban J connectivity index is 2.45. The van der Waals surface area contributed by atoms with E-state index in [9.17, 15) is 4.79 Å². The Morgan fingerprint density at radius 1 is 1.35 bits per heavy atom. The van der Waals surface area contributed by atoms with Crippen LogP contribution in [0.4, 0.5) is 0 Å². The number of fused-ring (bicyclic) bond motifs is 1. The van der Waals surface area contributed by atoms with Gasteiger partial charge in [0.25, 0.3) is 0 Å². The monoisotopic (exact) mass is 228 g/mol. The van der Waals surface area contributed by atoms with Gasteiger partial charge in [-0.3, -0.25) is 9.78 Å². The van der Waals surface area contributed by atoms with E-state index in [0.29, 0.717) is 5.56 Å². The molecule has 0 aliphatic rings. The highest BCUT2D eigenvalue weighted by Crippen LogP contribution is 2.18. The summed E-state index contributed by atoms with van der Waals surface area (Å²) >= 11 is 0. The van der Waals surface area contributed by atoms with E-state index in [1.807, 2.05) is 37.3 Å². The molecule has 3 nitrogen and oxygen atoms in total. The average Bonchev–Trinajstić information content (AvgIpc) is 2.37. The van der Waals surface area contributed by atoms with E-state index in [1.54, 1.807) is 6.20 Å². The van der Waals surface area contributed by atoms with Crippen molar-refractivity contribution < 1.29 is 4.79 Å². The summed E-state index contributed by atoms with van der Waals surface area (Å²) in [4.78, 5) is 16.4. The number of carbonyl (C=O) groups excluding carboxylic acids is 1. The van der Waals surface area contributed by atoms with E-state index in [2.05, 4.69) is 4.98 Å². The van der Waals surface area contributed by atoms with E-state index >= 15 is 0 Å². The van der Waals surface area contributed by atoms with Crippen LogP contribution in [0, 0.1) is 0 Å². The predicted octanol–water partition coefficient (Wildman–Crippen LogP) is 2.54. The number of nitrogens with zero attached hydrogens (tertiary/aromatic N) is 1. The average molecular weight is 228 g/mol. The van der Waals surface area contributed by atoms with Crippen LogP contribution in [0.25, 0.3) is 10.9 Å². The second kappa shape index (κ2) is 5.06. The number of rotatable bonds is 4. The number of ketones is 1. The molecule has 3 heteroatoms. The molecule has 1 aromatic heterocycles. The van der Waals surface area contributed by atoms with Crippen LogP contribution in [0.3, 0.4) is 0 Å². The molecule has 2 rings (SSSR count). The van der Waals surface area contributed by atoms with Gasteiger partial charge in [0, 0.05) is 17.1 Å². The van der Waals surface area contributed by atoms with Gasteiger partial charge in [0.15, 0.2) is 5.78 Å². The van der Waals surface area contributed by atoms with Gasteiger partial charge in [-0.2, -0.15) is 0 Å². The van der Waals surface area contributed by atoms with Gasteiger partial charge in [0.1, 0.15) is 0 Å². The second-order valence-electron chi connectivity index (χ2n) is 4.14. The van der Waals surface area contributed by atoms with Crippen LogP contribution in [0.2, 0.25) is 0 Å². The Hall–Kier alpha value is -1.74. The molecule has 1 heterocycles. The van der Waals surface area contributed by atoms with Crippen molar-refractivity contribution in [1.82, 2.24) is 4.98 Å². The summed E-state index contributed by atoms with van der Waals surface area (Å²) in [5.74, 6) is 0.00505. The fourth-order valence-corrected chi connectivity index (χ4v) is 1.96. The van der Waals surface area contributed by atoms with E-state index < -0.39 is 6.04 Å². The third-order valence-corrected chi connectivity index (χ3v) is 2.85. The van der Waals surface area contributed by atoms with Gasteiger partial charge in [0.2, 0.25) is 0 Å². The summed E-state index contributed by atoms with van der Waals surface area (Å²) in [5.41, 5.74) is 7.39. The summed E-state index contributed by atoms with van der Waals surface area (Å²) < 4.78 is 0. The first-order valence-electron chi connectivity index (χ1n) is 5.87. The summed E-state index contributed by atoms with van der Waals surface area (Å²) in [7, 11) is 0.